The van der Waals surface area contributed by atoms with Crippen LogP contribution in [0.1, 0.15) is 20.8 Å². The number of aryl methyl sites for hydroxylation is 1. The van der Waals surface area contributed by atoms with Crippen LogP contribution in [0.5, 0.6) is 0 Å². The predicted octanol–water partition coefficient (Wildman–Crippen LogP) is 1.91. The largest absolute Gasteiger partial charge is 0.476 e. The van der Waals surface area contributed by atoms with E-state index < -0.39 is 11.7 Å². The van der Waals surface area contributed by atoms with E-state index in [0.717, 1.165) is 0 Å². The minimum atomic E-state index is -0.558. The van der Waals surface area contributed by atoms with Crippen molar-refractivity contribution in [3.63, 3.8) is 0 Å². The number of amides is 1. The topological polar surface area (TPSA) is 55.1 Å². The zero-order chi connectivity index (χ0) is 12.3. The summed E-state index contributed by atoms with van der Waals surface area (Å²) in [6.45, 7) is 5.37. The average molecular weight is 245 g/mol. The number of carbonyl (C=O) groups is 1. The molecule has 1 N–H and O–H groups in total. The molecule has 0 aromatic carbocycles. The summed E-state index contributed by atoms with van der Waals surface area (Å²) in [6.07, 6.45) is 1.14. The van der Waals surface area contributed by atoms with Gasteiger partial charge < -0.3 is 4.74 Å². The molecule has 1 amide bonds. The molecule has 0 radical (unpaired) electrons. The molecule has 0 spiro atoms. The van der Waals surface area contributed by atoms with Crippen molar-refractivity contribution in [3.8, 4) is 0 Å². The van der Waals surface area contributed by atoms with E-state index in [1.165, 1.54) is 0 Å². The van der Waals surface area contributed by atoms with Crippen molar-refractivity contribution >= 4 is 23.6 Å². The Kier molecular flexibility index (Phi) is 3.70. The monoisotopic (exact) mass is 244 g/mol. The third-order valence-electron chi connectivity index (χ3n) is 1.60. The van der Waals surface area contributed by atoms with E-state index in [9.17, 15) is 4.79 Å². The molecule has 0 aliphatic carbocycles. The summed E-state index contributed by atoms with van der Waals surface area (Å²) in [5.74, 6) is 0.335. The molecule has 6 heteroatoms. The van der Waals surface area contributed by atoms with E-state index >= 15 is 0 Å². The molecule has 0 saturated carbocycles. The highest BCUT2D eigenvalue weighted by atomic mass is 35.5. The lowest BCUT2D eigenvalue weighted by molar-refractivity contribution is -0.659. The lowest BCUT2D eigenvalue weighted by Gasteiger charge is -2.17. The van der Waals surface area contributed by atoms with Crippen LogP contribution in [0.3, 0.4) is 0 Å². The molecule has 0 aliphatic heterocycles. The highest BCUT2D eigenvalue weighted by Gasteiger charge is 2.21. The van der Waals surface area contributed by atoms with Crippen LogP contribution in [0.2, 0.25) is 5.15 Å². The maximum absolute atomic E-state index is 11.5. The summed E-state index contributed by atoms with van der Waals surface area (Å²) in [5.41, 5.74) is -0.540. The molecule has 1 rings (SSSR count). The number of anilines is 1. The van der Waals surface area contributed by atoms with Gasteiger partial charge in [-0.2, -0.15) is 5.32 Å². The van der Waals surface area contributed by atoms with Crippen LogP contribution in [-0.2, 0) is 11.8 Å². The smallest absolute Gasteiger partial charge is 0.432 e. The van der Waals surface area contributed by atoms with Crippen molar-refractivity contribution in [3.05, 3.63) is 17.4 Å². The fourth-order valence-corrected chi connectivity index (χ4v) is 1.11. The minimum Gasteiger partial charge on any atom is -0.432 e. The van der Waals surface area contributed by atoms with Crippen LogP contribution in [0.4, 0.5) is 10.7 Å². The molecule has 0 saturated heterocycles. The van der Waals surface area contributed by atoms with Crippen molar-refractivity contribution in [2.24, 2.45) is 7.05 Å². The van der Waals surface area contributed by atoms with E-state index in [2.05, 4.69) is 10.3 Å². The number of aromatic nitrogens is 2. The summed E-state index contributed by atoms with van der Waals surface area (Å²) < 4.78 is 6.72. The molecule has 0 aliphatic rings. The van der Waals surface area contributed by atoms with Gasteiger partial charge in [0.05, 0.1) is 13.2 Å². The third kappa shape index (κ3) is 4.02. The molecule has 0 atom stereocenters. The Labute approximate surface area is 99.4 Å². The van der Waals surface area contributed by atoms with Crippen molar-refractivity contribution < 1.29 is 14.1 Å². The van der Waals surface area contributed by atoms with Gasteiger partial charge in [-0.15, -0.1) is 0 Å². The molecule has 1 heterocycles. The second kappa shape index (κ2) is 4.65. The van der Waals surface area contributed by atoms with Gasteiger partial charge in [-0.25, -0.2) is 9.36 Å². The van der Waals surface area contributed by atoms with Crippen molar-refractivity contribution in [2.45, 2.75) is 26.4 Å². The van der Waals surface area contributed by atoms with Crippen LogP contribution >= 0.6 is 11.6 Å². The molecule has 1 aromatic rings. The highest BCUT2D eigenvalue weighted by Crippen LogP contribution is 2.09. The van der Waals surface area contributed by atoms with Crippen LogP contribution in [0.25, 0.3) is 0 Å². The molecule has 88 valence electrons. The van der Waals surface area contributed by atoms with Gasteiger partial charge in [0.15, 0.2) is 0 Å². The first-order valence-electron chi connectivity index (χ1n) is 4.80. The van der Waals surface area contributed by atoms with Crippen LogP contribution < -0.4 is 9.88 Å². The Morgan fingerprint density at radius 2 is 2.19 bits per heavy atom. The third-order valence-corrected chi connectivity index (χ3v) is 1.81. The number of hydrogen-bond donors (Lipinski definition) is 1. The quantitative estimate of drug-likeness (QED) is 0.607. The number of nitrogens with zero attached hydrogens (tertiary/aromatic N) is 2. The van der Waals surface area contributed by atoms with Gasteiger partial charge in [0.2, 0.25) is 5.15 Å². The van der Waals surface area contributed by atoms with Crippen molar-refractivity contribution in [2.75, 3.05) is 5.32 Å². The molecule has 5 nitrogen and oxygen atoms in total. The predicted molar refractivity (Wildman–Crippen MR) is 60.3 cm³/mol. The van der Waals surface area contributed by atoms with Gasteiger partial charge in [0.1, 0.15) is 5.60 Å². The number of halogens is 1. The maximum Gasteiger partial charge on any atom is 0.476 e. The Hall–Kier alpha value is -1.36. The molecule has 16 heavy (non-hydrogen) atoms. The number of rotatable bonds is 1. The zero-order valence-corrected chi connectivity index (χ0v) is 10.5. The summed E-state index contributed by atoms with van der Waals surface area (Å²) >= 11 is 5.72. The van der Waals surface area contributed by atoms with Gasteiger partial charge in [-0.1, -0.05) is 4.98 Å². The molecule has 1 aromatic heterocycles. The Balaban J connectivity index is 2.73. The van der Waals surface area contributed by atoms with E-state index in [-0.39, 0.29) is 0 Å². The number of hydrogen-bond acceptors (Lipinski definition) is 3. The van der Waals surface area contributed by atoms with Gasteiger partial charge in [-0.05, 0) is 32.4 Å². The number of nitrogens with one attached hydrogen (secondary N) is 1. The van der Waals surface area contributed by atoms with Gasteiger partial charge in [0, 0.05) is 6.07 Å². The molecule has 0 fully saturated rings. The van der Waals surface area contributed by atoms with Gasteiger partial charge >= 0.3 is 12.0 Å². The number of carbonyl (C=O) groups excluding carboxylic acids is 1. The Bertz CT molecular complexity index is 402. The SMILES string of the molecule is C[n+]1ccc(Cl)nc1NC(=O)OC(C)(C)C. The van der Waals surface area contributed by atoms with Crippen LogP contribution in [0.15, 0.2) is 12.3 Å². The van der Waals surface area contributed by atoms with Gasteiger partial charge in [-0.3, -0.25) is 0 Å². The summed E-state index contributed by atoms with van der Waals surface area (Å²) in [4.78, 5) is 15.4. The Morgan fingerprint density at radius 1 is 1.56 bits per heavy atom. The fourth-order valence-electron chi connectivity index (χ4n) is 0.972. The van der Waals surface area contributed by atoms with E-state index in [4.69, 9.17) is 16.3 Å². The standard InChI is InChI=1S/C10H14ClN3O2/c1-10(2,3)16-9(15)13-8-12-7(11)5-6-14(8)4/h5-6H,1-4H3/p+1. The second-order valence-electron chi connectivity index (χ2n) is 4.31. The summed E-state index contributed by atoms with van der Waals surface area (Å²) in [7, 11) is 1.75. The summed E-state index contributed by atoms with van der Waals surface area (Å²) in [5, 5.41) is 2.82. The normalized spacial score (nSPS) is 11.1. The Morgan fingerprint density at radius 3 is 2.75 bits per heavy atom. The lowest BCUT2D eigenvalue weighted by atomic mass is 10.2. The minimum absolute atomic E-state index is 0.309. The van der Waals surface area contributed by atoms with E-state index in [1.807, 2.05) is 0 Å². The number of ether oxygens (including phenoxy) is 1. The molecular weight excluding hydrogens is 230 g/mol. The van der Waals surface area contributed by atoms with Crippen molar-refractivity contribution in [1.29, 1.82) is 0 Å². The first-order chi connectivity index (χ1) is 7.28. The molecular formula is C10H15ClN3O2+. The van der Waals surface area contributed by atoms with E-state index in [0.29, 0.717) is 11.1 Å². The highest BCUT2D eigenvalue weighted by molar-refractivity contribution is 6.29. The van der Waals surface area contributed by atoms with E-state index in [1.54, 1.807) is 44.6 Å². The van der Waals surface area contributed by atoms with Crippen LogP contribution in [-0.4, -0.2) is 16.7 Å². The maximum atomic E-state index is 11.5. The molecule has 0 unspecified atom stereocenters. The van der Waals surface area contributed by atoms with Crippen molar-refractivity contribution in [1.82, 2.24) is 4.98 Å². The first-order valence-corrected chi connectivity index (χ1v) is 5.18. The zero-order valence-electron chi connectivity index (χ0n) is 9.74. The van der Waals surface area contributed by atoms with Crippen LogP contribution in [0, 0.1) is 0 Å². The summed E-state index contributed by atoms with van der Waals surface area (Å²) in [6, 6.07) is 1.63. The molecule has 0 bridgehead atoms. The van der Waals surface area contributed by atoms with Gasteiger partial charge in [0.25, 0.3) is 0 Å². The fraction of sp³-hybridized carbons (Fsp3) is 0.500. The lowest BCUT2D eigenvalue weighted by Crippen LogP contribution is -2.37. The second-order valence-corrected chi connectivity index (χ2v) is 4.70. The average Bonchev–Trinajstić information content (AvgIpc) is 2.08. The first kappa shape index (κ1) is 12.7.